The molecule has 2 bridgehead atoms. The van der Waals surface area contributed by atoms with E-state index in [2.05, 4.69) is 15.2 Å². The molecule has 0 saturated carbocycles. The summed E-state index contributed by atoms with van der Waals surface area (Å²) in [4.78, 5) is 19.2. The van der Waals surface area contributed by atoms with Gasteiger partial charge in [-0.15, -0.1) is 0 Å². The van der Waals surface area contributed by atoms with Gasteiger partial charge in [-0.1, -0.05) is 0 Å². The smallest absolute Gasteiger partial charge is 0.270 e. The van der Waals surface area contributed by atoms with Gasteiger partial charge in [-0.05, 0) is 49.9 Å². The number of aromatic nitrogens is 2. The van der Waals surface area contributed by atoms with Gasteiger partial charge in [0.1, 0.15) is 5.69 Å². The van der Waals surface area contributed by atoms with E-state index in [0.29, 0.717) is 5.69 Å². The Labute approximate surface area is 124 Å². The van der Waals surface area contributed by atoms with Gasteiger partial charge >= 0.3 is 0 Å². The molecule has 5 nitrogen and oxygen atoms in total. The summed E-state index contributed by atoms with van der Waals surface area (Å²) in [5.74, 6) is 0.706. The summed E-state index contributed by atoms with van der Waals surface area (Å²) in [6, 6.07) is 4.18. The Morgan fingerprint density at radius 2 is 2.33 bits per heavy atom. The van der Waals surface area contributed by atoms with Crippen LogP contribution >= 0.6 is 0 Å². The van der Waals surface area contributed by atoms with Gasteiger partial charge < -0.3 is 14.6 Å². The largest absolute Gasteiger partial charge is 0.347 e. The van der Waals surface area contributed by atoms with Crippen molar-refractivity contribution in [3.05, 3.63) is 35.9 Å². The number of carbonyl (C=O) groups excluding carboxylic acids is 1. The summed E-state index contributed by atoms with van der Waals surface area (Å²) < 4.78 is 1.94. The van der Waals surface area contributed by atoms with Crippen LogP contribution in [0.15, 0.2) is 24.7 Å². The lowest BCUT2D eigenvalue weighted by Crippen LogP contribution is -2.47. The predicted molar refractivity (Wildman–Crippen MR) is 80.3 cm³/mol. The maximum absolute atomic E-state index is 12.4. The van der Waals surface area contributed by atoms with Gasteiger partial charge in [0.2, 0.25) is 0 Å². The molecule has 21 heavy (non-hydrogen) atoms. The Hall–Kier alpha value is -1.88. The molecule has 2 aromatic heterocycles. The minimum absolute atomic E-state index is 0.0504. The molecule has 5 heteroatoms. The number of nitrogens with one attached hydrogen (secondary N) is 1. The summed E-state index contributed by atoms with van der Waals surface area (Å²) >= 11 is 0. The molecule has 1 amide bonds. The highest BCUT2D eigenvalue weighted by molar-refractivity contribution is 5.93. The highest BCUT2D eigenvalue weighted by Crippen LogP contribution is 2.26. The molecule has 2 fully saturated rings. The Kier molecular flexibility index (Phi) is 2.96. The van der Waals surface area contributed by atoms with Crippen LogP contribution in [-0.2, 0) is 0 Å². The molecule has 0 aromatic carbocycles. The van der Waals surface area contributed by atoms with Crippen LogP contribution in [0.5, 0.6) is 0 Å². The second-order valence-electron chi connectivity index (χ2n) is 6.39. The molecular formula is C16H20N4O. The molecule has 0 spiro atoms. The van der Waals surface area contributed by atoms with Gasteiger partial charge in [0.15, 0.2) is 0 Å². The van der Waals surface area contributed by atoms with Gasteiger partial charge in [0, 0.05) is 25.3 Å². The van der Waals surface area contributed by atoms with Crippen molar-refractivity contribution in [2.24, 2.45) is 5.92 Å². The monoisotopic (exact) mass is 284 g/mol. The zero-order valence-corrected chi connectivity index (χ0v) is 12.2. The molecule has 2 aromatic rings. The van der Waals surface area contributed by atoms with Crippen LogP contribution in [0.1, 0.15) is 28.9 Å². The zero-order chi connectivity index (χ0) is 14.4. The number of aryl methyl sites for hydroxylation is 1. The number of amides is 1. The number of hydrogen-bond acceptors (Lipinski definition) is 3. The van der Waals surface area contributed by atoms with Crippen LogP contribution in [0.4, 0.5) is 0 Å². The van der Waals surface area contributed by atoms with E-state index in [1.165, 1.54) is 19.5 Å². The molecule has 1 unspecified atom stereocenters. The number of nitrogens with zero attached hydrogens (tertiary/aromatic N) is 3. The van der Waals surface area contributed by atoms with E-state index in [1.807, 2.05) is 29.7 Å². The maximum atomic E-state index is 12.4. The third-order valence-electron chi connectivity index (χ3n) is 4.80. The number of hydrogen-bond donors (Lipinski definition) is 1. The van der Waals surface area contributed by atoms with Gasteiger partial charge in [-0.2, -0.15) is 0 Å². The lowest BCUT2D eigenvalue weighted by Gasteiger charge is -2.30. The standard InChI is InChI=1S/C16H20N4O/c1-11-2-5-20-10-17-14(7-15(11)20)16(21)18-13-6-12-3-4-19(8-12)9-13/h2,5,7,10,12-13H,3-4,6,8-9H2,1H3,(H,18,21)/t12-,13-/m1/s1. The molecule has 2 aliphatic heterocycles. The molecule has 4 rings (SSSR count). The fourth-order valence-electron chi connectivity index (χ4n) is 3.69. The fraction of sp³-hybridized carbons (Fsp3) is 0.500. The molecule has 2 aliphatic rings. The Bertz CT molecular complexity index is 681. The van der Waals surface area contributed by atoms with Crippen LogP contribution in [0.2, 0.25) is 0 Å². The van der Waals surface area contributed by atoms with Crippen LogP contribution in [-0.4, -0.2) is 45.9 Å². The Morgan fingerprint density at radius 3 is 3.19 bits per heavy atom. The minimum Gasteiger partial charge on any atom is -0.347 e. The zero-order valence-electron chi connectivity index (χ0n) is 12.2. The van der Waals surface area contributed by atoms with E-state index in [9.17, 15) is 4.79 Å². The molecule has 110 valence electrons. The second-order valence-corrected chi connectivity index (χ2v) is 6.39. The first kappa shape index (κ1) is 12.8. The highest BCUT2D eigenvalue weighted by atomic mass is 16.1. The fourth-order valence-corrected chi connectivity index (χ4v) is 3.69. The third-order valence-corrected chi connectivity index (χ3v) is 4.80. The predicted octanol–water partition coefficient (Wildman–Crippen LogP) is 1.47. The lowest BCUT2D eigenvalue weighted by molar-refractivity contribution is 0.0904. The Balaban J connectivity index is 1.52. The van der Waals surface area contributed by atoms with Gasteiger partial charge in [-0.25, -0.2) is 4.98 Å². The first-order valence-electron chi connectivity index (χ1n) is 7.65. The van der Waals surface area contributed by atoms with Crippen molar-refractivity contribution < 1.29 is 4.79 Å². The van der Waals surface area contributed by atoms with E-state index in [-0.39, 0.29) is 11.9 Å². The van der Waals surface area contributed by atoms with Crippen molar-refractivity contribution in [1.82, 2.24) is 19.6 Å². The normalized spacial score (nSPS) is 28.0. The first-order valence-corrected chi connectivity index (χ1v) is 7.65. The minimum atomic E-state index is -0.0504. The van der Waals surface area contributed by atoms with Crippen molar-refractivity contribution in [3.63, 3.8) is 0 Å². The van der Waals surface area contributed by atoms with E-state index in [1.54, 1.807) is 6.33 Å². The van der Waals surface area contributed by atoms with Crippen LogP contribution in [0, 0.1) is 12.8 Å². The molecule has 3 atom stereocenters. The number of fused-ring (bicyclic) bond motifs is 3. The van der Waals surface area contributed by atoms with Crippen molar-refractivity contribution in [1.29, 1.82) is 0 Å². The maximum Gasteiger partial charge on any atom is 0.270 e. The second kappa shape index (κ2) is 4.84. The van der Waals surface area contributed by atoms with Crippen LogP contribution in [0.25, 0.3) is 5.52 Å². The highest BCUT2D eigenvalue weighted by Gasteiger charge is 2.33. The van der Waals surface area contributed by atoms with Gasteiger partial charge in [0.05, 0.1) is 11.8 Å². The van der Waals surface area contributed by atoms with Crippen molar-refractivity contribution in [3.8, 4) is 0 Å². The van der Waals surface area contributed by atoms with Gasteiger partial charge in [0.25, 0.3) is 5.91 Å². The molecule has 1 N–H and O–H groups in total. The van der Waals surface area contributed by atoms with Crippen LogP contribution < -0.4 is 5.32 Å². The molecular weight excluding hydrogens is 264 g/mol. The summed E-state index contributed by atoms with van der Waals surface area (Å²) in [5, 5.41) is 3.16. The van der Waals surface area contributed by atoms with E-state index in [0.717, 1.165) is 30.0 Å². The summed E-state index contributed by atoms with van der Waals surface area (Å²) in [5.41, 5.74) is 2.72. The number of piperidine rings is 1. The topological polar surface area (TPSA) is 49.6 Å². The van der Waals surface area contributed by atoms with Crippen molar-refractivity contribution in [2.75, 3.05) is 19.6 Å². The van der Waals surface area contributed by atoms with E-state index in [4.69, 9.17) is 0 Å². The average Bonchev–Trinajstić information content (AvgIpc) is 3.02. The number of carbonyl (C=O) groups is 1. The SMILES string of the molecule is Cc1ccn2cnc(C(=O)N[C@@H]3C[C@H]4CCN(C4)C3)cc12. The van der Waals surface area contributed by atoms with E-state index < -0.39 is 0 Å². The summed E-state index contributed by atoms with van der Waals surface area (Å²) in [6.45, 7) is 5.42. The lowest BCUT2D eigenvalue weighted by atomic mass is 9.97. The molecule has 2 saturated heterocycles. The number of rotatable bonds is 2. The molecule has 0 radical (unpaired) electrons. The van der Waals surface area contributed by atoms with Crippen molar-refractivity contribution >= 4 is 11.4 Å². The third kappa shape index (κ3) is 2.31. The quantitative estimate of drug-likeness (QED) is 0.908. The summed E-state index contributed by atoms with van der Waals surface area (Å²) in [7, 11) is 0. The van der Waals surface area contributed by atoms with Gasteiger partial charge in [-0.3, -0.25) is 4.79 Å². The average molecular weight is 284 g/mol. The summed E-state index contributed by atoms with van der Waals surface area (Å²) in [6.07, 6.45) is 6.06. The molecule has 4 heterocycles. The Morgan fingerprint density at radius 1 is 1.43 bits per heavy atom. The first-order chi connectivity index (χ1) is 10.2. The molecule has 0 aliphatic carbocycles. The van der Waals surface area contributed by atoms with Crippen molar-refractivity contribution in [2.45, 2.75) is 25.8 Å². The van der Waals surface area contributed by atoms with Crippen LogP contribution in [0.3, 0.4) is 0 Å². The van der Waals surface area contributed by atoms with E-state index >= 15 is 0 Å².